The van der Waals surface area contributed by atoms with Gasteiger partial charge in [-0.2, -0.15) is 0 Å². The summed E-state index contributed by atoms with van der Waals surface area (Å²) in [5.41, 5.74) is 1.69. The van der Waals surface area contributed by atoms with Crippen LogP contribution in [0.2, 0.25) is 0 Å². The molecule has 1 heterocycles. The second-order valence-corrected chi connectivity index (χ2v) is 8.18. The van der Waals surface area contributed by atoms with E-state index < -0.39 is 27.7 Å². The van der Waals surface area contributed by atoms with Crippen molar-refractivity contribution in [1.29, 1.82) is 0 Å². The third kappa shape index (κ3) is 2.75. The maximum atomic E-state index is 14.0. The minimum absolute atomic E-state index is 0.116. The lowest BCUT2D eigenvalue weighted by Crippen LogP contribution is -2.36. The summed E-state index contributed by atoms with van der Waals surface area (Å²) in [5, 5.41) is 9.68. The molecule has 1 aliphatic rings. The summed E-state index contributed by atoms with van der Waals surface area (Å²) in [4.78, 5) is -0.116. The van der Waals surface area contributed by atoms with Gasteiger partial charge in [-0.1, -0.05) is 12.1 Å². The van der Waals surface area contributed by atoms with E-state index in [2.05, 4.69) is 0 Å². The van der Waals surface area contributed by atoms with E-state index in [4.69, 9.17) is 0 Å². The van der Waals surface area contributed by atoms with Crippen LogP contribution in [0, 0.1) is 11.6 Å². The van der Waals surface area contributed by atoms with Gasteiger partial charge in [0.15, 0.2) is 0 Å². The predicted molar refractivity (Wildman–Crippen MR) is 98.0 cm³/mol. The fourth-order valence-electron chi connectivity index (χ4n) is 3.47. The molecule has 1 unspecified atom stereocenters. The fourth-order valence-corrected chi connectivity index (χ4v) is 5.16. The van der Waals surface area contributed by atoms with E-state index >= 15 is 0 Å². The van der Waals surface area contributed by atoms with Crippen LogP contribution in [-0.4, -0.2) is 13.5 Å². The van der Waals surface area contributed by atoms with E-state index in [1.165, 1.54) is 48.5 Å². The molecule has 0 aromatic heterocycles. The molecule has 0 bridgehead atoms. The molecule has 0 amide bonds. The van der Waals surface area contributed by atoms with Crippen LogP contribution in [0.1, 0.15) is 18.5 Å². The SMILES string of the molecule is CC1c2ccc(F)cc2-c2ccc(F)cc2N1S(=O)(=O)c1cccc(O)c1. The Kier molecular flexibility index (Phi) is 3.92. The number of hydrogen-bond acceptors (Lipinski definition) is 3. The van der Waals surface area contributed by atoms with Gasteiger partial charge in [0.2, 0.25) is 0 Å². The summed E-state index contributed by atoms with van der Waals surface area (Å²) >= 11 is 0. The smallest absolute Gasteiger partial charge is 0.265 e. The maximum absolute atomic E-state index is 14.0. The van der Waals surface area contributed by atoms with Crippen molar-refractivity contribution in [2.45, 2.75) is 17.9 Å². The van der Waals surface area contributed by atoms with Crippen LogP contribution < -0.4 is 4.31 Å². The zero-order valence-corrected chi connectivity index (χ0v) is 15.0. The van der Waals surface area contributed by atoms with Crippen LogP contribution in [0.15, 0.2) is 65.6 Å². The number of aromatic hydroxyl groups is 1. The average molecular weight is 387 g/mol. The molecule has 3 aromatic rings. The zero-order valence-electron chi connectivity index (χ0n) is 14.2. The van der Waals surface area contributed by atoms with Crippen LogP contribution in [0.4, 0.5) is 14.5 Å². The lowest BCUT2D eigenvalue weighted by Gasteiger charge is -2.37. The molecule has 0 saturated heterocycles. The number of phenols is 1. The minimum atomic E-state index is -4.10. The molecule has 0 radical (unpaired) electrons. The van der Waals surface area contributed by atoms with E-state index in [0.29, 0.717) is 16.7 Å². The Balaban J connectivity index is 2.00. The van der Waals surface area contributed by atoms with Gasteiger partial charge < -0.3 is 5.11 Å². The Morgan fingerprint density at radius 1 is 0.926 bits per heavy atom. The zero-order chi connectivity index (χ0) is 19.3. The molecule has 1 atom stereocenters. The van der Waals surface area contributed by atoms with Gasteiger partial charge in [-0.25, -0.2) is 17.2 Å². The Bertz CT molecular complexity index is 1160. The quantitative estimate of drug-likeness (QED) is 0.699. The molecule has 3 aromatic carbocycles. The van der Waals surface area contributed by atoms with Crippen molar-refractivity contribution >= 4 is 15.7 Å². The minimum Gasteiger partial charge on any atom is -0.508 e. The Labute approximate surface area is 155 Å². The van der Waals surface area contributed by atoms with Gasteiger partial charge >= 0.3 is 0 Å². The van der Waals surface area contributed by atoms with Crippen molar-refractivity contribution in [2.24, 2.45) is 0 Å². The number of hydrogen-bond donors (Lipinski definition) is 1. The van der Waals surface area contributed by atoms with Crippen molar-refractivity contribution in [3.8, 4) is 16.9 Å². The van der Waals surface area contributed by atoms with Crippen molar-refractivity contribution in [1.82, 2.24) is 0 Å². The van der Waals surface area contributed by atoms with Gasteiger partial charge in [-0.05, 0) is 60.5 Å². The molecular formula is C20H15F2NO3S. The van der Waals surface area contributed by atoms with Crippen molar-refractivity contribution in [3.05, 3.63) is 77.9 Å². The van der Waals surface area contributed by atoms with E-state index in [1.807, 2.05) is 0 Å². The average Bonchev–Trinajstić information content (AvgIpc) is 2.61. The fraction of sp³-hybridized carbons (Fsp3) is 0.100. The summed E-state index contributed by atoms with van der Waals surface area (Å²) in [6.07, 6.45) is 0. The van der Waals surface area contributed by atoms with Crippen LogP contribution in [0.5, 0.6) is 5.75 Å². The number of halogens is 2. The Morgan fingerprint density at radius 3 is 2.37 bits per heavy atom. The van der Waals surface area contributed by atoms with Gasteiger partial charge in [0.25, 0.3) is 10.0 Å². The van der Waals surface area contributed by atoms with Gasteiger partial charge in [0, 0.05) is 11.6 Å². The molecule has 4 nitrogen and oxygen atoms in total. The van der Waals surface area contributed by atoms with Crippen LogP contribution >= 0.6 is 0 Å². The second kappa shape index (κ2) is 6.06. The molecule has 27 heavy (non-hydrogen) atoms. The number of nitrogens with zero attached hydrogens (tertiary/aromatic N) is 1. The standard InChI is InChI=1S/C20H15F2NO3S/c1-12-17-7-5-13(21)9-19(17)18-8-6-14(22)10-20(18)23(12)27(25,26)16-4-2-3-15(24)11-16/h2-12,24H,1H3. The topological polar surface area (TPSA) is 57.6 Å². The molecule has 4 rings (SSSR count). The Hall–Kier alpha value is -2.93. The molecule has 1 N–H and O–H groups in total. The molecular weight excluding hydrogens is 372 g/mol. The highest BCUT2D eigenvalue weighted by molar-refractivity contribution is 7.92. The van der Waals surface area contributed by atoms with E-state index in [1.54, 1.807) is 6.92 Å². The normalized spacial score (nSPS) is 16.0. The molecule has 0 spiro atoms. The van der Waals surface area contributed by atoms with Gasteiger partial charge in [0.1, 0.15) is 17.4 Å². The number of anilines is 1. The molecule has 7 heteroatoms. The number of phenolic OH excluding ortho intramolecular Hbond substituents is 1. The Morgan fingerprint density at radius 2 is 1.63 bits per heavy atom. The summed E-state index contributed by atoms with van der Waals surface area (Å²) < 4.78 is 55.5. The molecule has 0 saturated carbocycles. The number of sulfonamides is 1. The van der Waals surface area contributed by atoms with Crippen molar-refractivity contribution in [3.63, 3.8) is 0 Å². The monoisotopic (exact) mass is 387 g/mol. The number of rotatable bonds is 2. The second-order valence-electron chi connectivity index (χ2n) is 6.37. The molecule has 138 valence electrons. The molecule has 1 aliphatic heterocycles. The van der Waals surface area contributed by atoms with Gasteiger partial charge in [-0.15, -0.1) is 0 Å². The largest absolute Gasteiger partial charge is 0.508 e. The van der Waals surface area contributed by atoms with Crippen molar-refractivity contribution < 1.29 is 22.3 Å². The first-order valence-corrected chi connectivity index (χ1v) is 9.66. The summed E-state index contributed by atoms with van der Waals surface area (Å²) in [7, 11) is -4.10. The number of fused-ring (bicyclic) bond motifs is 3. The first-order chi connectivity index (χ1) is 12.8. The third-order valence-corrected chi connectivity index (χ3v) is 6.56. The van der Waals surface area contributed by atoms with Crippen LogP contribution in [-0.2, 0) is 10.0 Å². The lowest BCUT2D eigenvalue weighted by atomic mass is 9.90. The highest BCUT2D eigenvalue weighted by atomic mass is 32.2. The summed E-state index contributed by atoms with van der Waals surface area (Å²) in [6.45, 7) is 1.66. The van der Waals surface area contributed by atoms with Gasteiger partial charge in [-0.3, -0.25) is 4.31 Å². The predicted octanol–water partition coefficient (Wildman–Crippen LogP) is 4.61. The van der Waals surface area contributed by atoms with E-state index in [9.17, 15) is 22.3 Å². The van der Waals surface area contributed by atoms with Crippen LogP contribution in [0.3, 0.4) is 0 Å². The number of benzene rings is 3. The van der Waals surface area contributed by atoms with Gasteiger partial charge in [0.05, 0.1) is 16.6 Å². The van der Waals surface area contributed by atoms with E-state index in [0.717, 1.165) is 16.4 Å². The highest BCUT2D eigenvalue weighted by Gasteiger charge is 2.37. The first-order valence-electron chi connectivity index (χ1n) is 8.22. The van der Waals surface area contributed by atoms with E-state index in [-0.39, 0.29) is 16.3 Å². The summed E-state index contributed by atoms with van der Waals surface area (Å²) in [6, 6.07) is 12.5. The molecule has 0 aliphatic carbocycles. The first kappa shape index (κ1) is 17.5. The molecule has 0 fully saturated rings. The highest BCUT2D eigenvalue weighted by Crippen LogP contribution is 2.47. The summed E-state index contributed by atoms with van der Waals surface area (Å²) in [5.74, 6) is -1.25. The lowest BCUT2D eigenvalue weighted by molar-refractivity contribution is 0.473. The van der Waals surface area contributed by atoms with Crippen molar-refractivity contribution in [2.75, 3.05) is 4.31 Å². The van der Waals surface area contributed by atoms with Crippen LogP contribution in [0.25, 0.3) is 11.1 Å². The third-order valence-electron chi connectivity index (χ3n) is 4.68. The maximum Gasteiger partial charge on any atom is 0.265 e.